The Balaban J connectivity index is 2.63. The Morgan fingerprint density at radius 1 is 1.40 bits per heavy atom. The zero-order chi connectivity index (χ0) is 14.7. The number of hydrogen-bond acceptors (Lipinski definition) is 1. The van der Waals surface area contributed by atoms with Gasteiger partial charge >= 0.3 is 0 Å². The highest BCUT2D eigenvalue weighted by Gasteiger charge is 2.18. The van der Waals surface area contributed by atoms with Crippen LogP contribution in [0.2, 0.25) is 0 Å². The number of imidazole rings is 1. The Labute approximate surface area is 137 Å². The molecule has 0 radical (unpaired) electrons. The summed E-state index contributed by atoms with van der Waals surface area (Å²) in [5, 5.41) is 0. The molecule has 0 fully saturated rings. The van der Waals surface area contributed by atoms with Gasteiger partial charge in [-0.1, -0.05) is 20.3 Å². The molecule has 0 N–H and O–H groups in total. The van der Waals surface area contributed by atoms with E-state index in [0.717, 1.165) is 36.1 Å². The van der Waals surface area contributed by atoms with Crippen molar-refractivity contribution < 1.29 is 4.39 Å². The third kappa shape index (κ3) is 3.11. The number of alkyl halides is 1. The van der Waals surface area contributed by atoms with E-state index in [0.29, 0.717) is 21.9 Å². The monoisotopic (exact) mass is 408 g/mol. The van der Waals surface area contributed by atoms with Crippen LogP contribution in [0.15, 0.2) is 12.1 Å². The molecule has 0 amide bonds. The van der Waals surface area contributed by atoms with Crippen molar-refractivity contribution in [2.75, 3.05) is 5.88 Å². The van der Waals surface area contributed by atoms with E-state index in [4.69, 9.17) is 11.6 Å². The van der Waals surface area contributed by atoms with Crippen molar-refractivity contribution in [2.45, 2.75) is 45.6 Å². The maximum atomic E-state index is 13.9. The molecular weight excluding hydrogens is 390 g/mol. The molecule has 2 nitrogen and oxygen atoms in total. The molecule has 2 rings (SSSR count). The summed E-state index contributed by atoms with van der Waals surface area (Å²) in [4.78, 5) is 4.66. The topological polar surface area (TPSA) is 17.8 Å². The van der Waals surface area contributed by atoms with E-state index in [2.05, 4.69) is 23.4 Å². The Hall–Kier alpha value is -0.360. The third-order valence-corrected chi connectivity index (χ3v) is 4.60. The summed E-state index contributed by atoms with van der Waals surface area (Å²) in [6, 6.07) is 3.79. The molecule has 0 aliphatic rings. The molecule has 2 aromatic rings. The molecule has 1 unspecified atom stereocenters. The SMILES string of the molecule is CCCC(CC)n1c(CCCl)nc2cc(I)c(F)cc21. The Bertz CT molecular complexity index is 597. The van der Waals surface area contributed by atoms with Crippen molar-refractivity contribution in [3.63, 3.8) is 0 Å². The zero-order valence-corrected chi connectivity index (χ0v) is 14.7. The molecule has 0 spiro atoms. The first kappa shape index (κ1) is 16.0. The van der Waals surface area contributed by atoms with Gasteiger partial charge in [0.15, 0.2) is 0 Å². The number of rotatable bonds is 6. The van der Waals surface area contributed by atoms with Gasteiger partial charge in [-0.05, 0) is 41.5 Å². The molecule has 20 heavy (non-hydrogen) atoms. The molecule has 5 heteroatoms. The van der Waals surface area contributed by atoms with Gasteiger partial charge in [-0.3, -0.25) is 0 Å². The lowest BCUT2D eigenvalue weighted by Crippen LogP contribution is -2.12. The van der Waals surface area contributed by atoms with Gasteiger partial charge in [-0.25, -0.2) is 9.37 Å². The fraction of sp³-hybridized carbons (Fsp3) is 0.533. The smallest absolute Gasteiger partial charge is 0.138 e. The number of benzene rings is 1. The summed E-state index contributed by atoms with van der Waals surface area (Å²) in [6.07, 6.45) is 3.91. The van der Waals surface area contributed by atoms with Crippen LogP contribution in [-0.2, 0) is 6.42 Å². The molecule has 1 aromatic heterocycles. The van der Waals surface area contributed by atoms with E-state index in [9.17, 15) is 4.39 Å². The van der Waals surface area contributed by atoms with E-state index in [-0.39, 0.29) is 5.82 Å². The van der Waals surface area contributed by atoms with Gasteiger partial charge < -0.3 is 4.57 Å². The van der Waals surface area contributed by atoms with Crippen LogP contribution in [0.25, 0.3) is 11.0 Å². The van der Waals surface area contributed by atoms with E-state index >= 15 is 0 Å². The molecule has 0 saturated carbocycles. The summed E-state index contributed by atoms with van der Waals surface area (Å²) < 4.78 is 16.7. The van der Waals surface area contributed by atoms with Crippen molar-refractivity contribution in [1.29, 1.82) is 0 Å². The predicted molar refractivity (Wildman–Crippen MR) is 91.1 cm³/mol. The van der Waals surface area contributed by atoms with Gasteiger partial charge in [0.25, 0.3) is 0 Å². The molecule has 0 bridgehead atoms. The second-order valence-corrected chi connectivity index (χ2v) is 6.48. The second kappa shape index (κ2) is 7.07. The van der Waals surface area contributed by atoms with Crippen LogP contribution >= 0.6 is 34.2 Å². The fourth-order valence-corrected chi connectivity index (χ4v) is 3.28. The van der Waals surface area contributed by atoms with E-state index in [1.165, 1.54) is 0 Å². The summed E-state index contributed by atoms with van der Waals surface area (Å²) in [6.45, 7) is 4.34. The summed E-state index contributed by atoms with van der Waals surface area (Å²) in [5.41, 5.74) is 1.76. The first-order valence-corrected chi connectivity index (χ1v) is 8.65. The highest BCUT2D eigenvalue weighted by Crippen LogP contribution is 2.29. The second-order valence-electron chi connectivity index (χ2n) is 4.94. The predicted octanol–water partition coefficient (Wildman–Crippen LogP) is 5.31. The normalized spacial score (nSPS) is 13.1. The number of halogens is 3. The largest absolute Gasteiger partial charge is 0.325 e. The number of fused-ring (bicyclic) bond motifs is 1. The minimum atomic E-state index is -0.178. The van der Waals surface area contributed by atoms with E-state index < -0.39 is 0 Å². The van der Waals surface area contributed by atoms with Crippen LogP contribution < -0.4 is 0 Å². The highest BCUT2D eigenvalue weighted by molar-refractivity contribution is 14.1. The molecule has 1 heterocycles. The minimum absolute atomic E-state index is 0.178. The lowest BCUT2D eigenvalue weighted by atomic mass is 10.1. The number of hydrogen-bond donors (Lipinski definition) is 0. The number of aryl methyl sites for hydroxylation is 1. The van der Waals surface area contributed by atoms with Gasteiger partial charge in [0.2, 0.25) is 0 Å². The van der Waals surface area contributed by atoms with Crippen LogP contribution in [0.3, 0.4) is 0 Å². The lowest BCUT2D eigenvalue weighted by molar-refractivity contribution is 0.445. The molecule has 0 aliphatic carbocycles. The summed E-state index contributed by atoms with van der Waals surface area (Å²) in [5.74, 6) is 1.32. The maximum absolute atomic E-state index is 13.9. The van der Waals surface area contributed by atoms with Crippen molar-refractivity contribution >= 4 is 45.2 Å². The van der Waals surface area contributed by atoms with Crippen LogP contribution in [0.4, 0.5) is 4.39 Å². The first-order chi connectivity index (χ1) is 9.62. The van der Waals surface area contributed by atoms with Crippen molar-refractivity contribution in [1.82, 2.24) is 9.55 Å². The standard InChI is InChI=1S/C15H19ClFIN2/c1-3-5-10(4-2)20-14-8-11(17)12(18)9-13(14)19-15(20)6-7-16/h8-10H,3-7H2,1-2H3. The summed E-state index contributed by atoms with van der Waals surface area (Å²) in [7, 11) is 0. The van der Waals surface area contributed by atoms with E-state index in [1.807, 2.05) is 28.7 Å². The van der Waals surface area contributed by atoms with Crippen molar-refractivity contribution in [3.05, 3.63) is 27.3 Å². The van der Waals surface area contributed by atoms with Gasteiger partial charge in [0.05, 0.1) is 14.6 Å². The maximum Gasteiger partial charge on any atom is 0.138 e. The van der Waals surface area contributed by atoms with Crippen LogP contribution in [0.1, 0.15) is 45.0 Å². The molecule has 0 saturated heterocycles. The Kier molecular flexibility index (Phi) is 5.66. The number of nitrogens with zero attached hydrogens (tertiary/aromatic N) is 2. The van der Waals surface area contributed by atoms with Crippen LogP contribution in [0, 0.1) is 9.39 Å². The summed E-state index contributed by atoms with van der Waals surface area (Å²) >= 11 is 7.90. The van der Waals surface area contributed by atoms with Crippen molar-refractivity contribution in [2.24, 2.45) is 0 Å². The average Bonchev–Trinajstić information content (AvgIpc) is 2.74. The van der Waals surface area contributed by atoms with Gasteiger partial charge in [-0.2, -0.15) is 0 Å². The van der Waals surface area contributed by atoms with Crippen molar-refractivity contribution in [3.8, 4) is 0 Å². The first-order valence-electron chi connectivity index (χ1n) is 7.04. The lowest BCUT2D eigenvalue weighted by Gasteiger charge is -2.19. The third-order valence-electron chi connectivity index (χ3n) is 3.58. The van der Waals surface area contributed by atoms with Gasteiger partial charge in [0.1, 0.15) is 11.6 Å². The quantitative estimate of drug-likeness (QED) is 0.468. The molecule has 1 aromatic carbocycles. The van der Waals surface area contributed by atoms with Crippen LogP contribution in [-0.4, -0.2) is 15.4 Å². The molecule has 110 valence electrons. The minimum Gasteiger partial charge on any atom is -0.325 e. The van der Waals surface area contributed by atoms with E-state index in [1.54, 1.807) is 6.07 Å². The van der Waals surface area contributed by atoms with Gasteiger partial charge in [-0.15, -0.1) is 11.6 Å². The fourth-order valence-electron chi connectivity index (χ4n) is 2.66. The van der Waals surface area contributed by atoms with Gasteiger partial charge in [0, 0.05) is 24.4 Å². The average molecular weight is 409 g/mol. The zero-order valence-electron chi connectivity index (χ0n) is 11.8. The Morgan fingerprint density at radius 2 is 2.15 bits per heavy atom. The Morgan fingerprint density at radius 3 is 2.75 bits per heavy atom. The highest BCUT2D eigenvalue weighted by atomic mass is 127. The van der Waals surface area contributed by atoms with Crippen LogP contribution in [0.5, 0.6) is 0 Å². The molecular formula is C15H19ClFIN2. The molecule has 0 aliphatic heterocycles. The molecule has 1 atom stereocenters. The number of aromatic nitrogens is 2.